The van der Waals surface area contributed by atoms with E-state index in [4.69, 9.17) is 9.47 Å². The smallest absolute Gasteiger partial charge is 0.231 e. The molecule has 8 heteroatoms. The number of fused-ring (bicyclic) bond motifs is 1. The Morgan fingerprint density at radius 2 is 2.04 bits per heavy atom. The van der Waals surface area contributed by atoms with Gasteiger partial charge in [0, 0.05) is 32.7 Å². The van der Waals surface area contributed by atoms with E-state index in [0.717, 1.165) is 56.4 Å². The lowest BCUT2D eigenvalue weighted by Crippen LogP contribution is -2.49. The molecular weight excluding hydrogens is 487 g/mol. The Hall–Kier alpha value is -1.68. The second kappa shape index (κ2) is 10.2. The third kappa shape index (κ3) is 5.22. The molecule has 1 saturated heterocycles. The van der Waals surface area contributed by atoms with Gasteiger partial charge in [-0.05, 0) is 54.5 Å². The summed E-state index contributed by atoms with van der Waals surface area (Å²) in [7, 11) is 1.83. The number of piperidine rings is 1. The first-order valence-corrected chi connectivity index (χ1v) is 10.3. The van der Waals surface area contributed by atoms with Gasteiger partial charge in [-0.1, -0.05) is 6.07 Å². The standard InChI is InChI=1S/C20H26N4O2S.HI/c1-21-20(22-9-6-15-4-5-17-18(13-15)26-14-25-17)23-16-7-10-24(11-8-16)19-3-2-12-27-19;/h2-5,12-13,16H,6-11,14H2,1H3,(H2,21,22,23);1H. The van der Waals surface area contributed by atoms with Crippen molar-refractivity contribution in [2.24, 2.45) is 4.99 Å². The van der Waals surface area contributed by atoms with E-state index in [1.807, 2.05) is 24.5 Å². The minimum Gasteiger partial charge on any atom is -0.454 e. The fourth-order valence-corrected chi connectivity index (χ4v) is 4.29. The van der Waals surface area contributed by atoms with Crippen molar-refractivity contribution in [3.63, 3.8) is 0 Å². The fourth-order valence-electron chi connectivity index (χ4n) is 3.50. The Balaban J connectivity index is 0.00000225. The molecule has 2 N–H and O–H groups in total. The van der Waals surface area contributed by atoms with Crippen molar-refractivity contribution >= 4 is 46.3 Å². The molecule has 0 spiro atoms. The van der Waals surface area contributed by atoms with Gasteiger partial charge in [0.05, 0.1) is 5.00 Å². The molecule has 0 radical (unpaired) electrons. The number of anilines is 1. The van der Waals surface area contributed by atoms with Crippen LogP contribution in [-0.4, -0.2) is 45.5 Å². The SMILES string of the molecule is CN=C(NCCc1ccc2c(c1)OCO2)NC1CCN(c2cccs2)CC1.I. The van der Waals surface area contributed by atoms with Gasteiger partial charge >= 0.3 is 0 Å². The van der Waals surface area contributed by atoms with Crippen LogP contribution in [0.2, 0.25) is 0 Å². The molecule has 0 bridgehead atoms. The number of aliphatic imine (C=N–C) groups is 1. The quantitative estimate of drug-likeness (QED) is 0.364. The number of rotatable bonds is 5. The van der Waals surface area contributed by atoms with Crippen LogP contribution in [0.5, 0.6) is 11.5 Å². The molecule has 0 amide bonds. The first-order valence-electron chi connectivity index (χ1n) is 9.46. The number of benzene rings is 1. The number of guanidine groups is 1. The van der Waals surface area contributed by atoms with Crippen molar-refractivity contribution in [1.29, 1.82) is 0 Å². The molecular formula is C20H27IN4O2S. The topological polar surface area (TPSA) is 58.1 Å². The van der Waals surface area contributed by atoms with E-state index in [2.05, 4.69) is 50.2 Å². The van der Waals surface area contributed by atoms with Gasteiger partial charge in [-0.3, -0.25) is 4.99 Å². The summed E-state index contributed by atoms with van der Waals surface area (Å²) in [6.07, 6.45) is 3.16. The summed E-state index contributed by atoms with van der Waals surface area (Å²) in [5, 5.41) is 10.5. The van der Waals surface area contributed by atoms with Gasteiger partial charge in [0.1, 0.15) is 0 Å². The molecule has 2 aliphatic rings. The van der Waals surface area contributed by atoms with Crippen molar-refractivity contribution in [2.45, 2.75) is 25.3 Å². The maximum Gasteiger partial charge on any atom is 0.231 e. The van der Waals surface area contributed by atoms with Gasteiger partial charge in [-0.15, -0.1) is 35.3 Å². The number of nitrogens with one attached hydrogen (secondary N) is 2. The van der Waals surface area contributed by atoms with E-state index >= 15 is 0 Å². The minimum absolute atomic E-state index is 0. The highest BCUT2D eigenvalue weighted by Crippen LogP contribution is 2.32. The molecule has 2 aliphatic heterocycles. The monoisotopic (exact) mass is 514 g/mol. The van der Waals surface area contributed by atoms with Crippen LogP contribution in [0.3, 0.4) is 0 Å². The zero-order valence-electron chi connectivity index (χ0n) is 16.0. The number of thiophene rings is 1. The van der Waals surface area contributed by atoms with Crippen LogP contribution in [0, 0.1) is 0 Å². The second-order valence-corrected chi connectivity index (χ2v) is 7.72. The van der Waals surface area contributed by atoms with Gasteiger partial charge in [0.15, 0.2) is 17.5 Å². The van der Waals surface area contributed by atoms with E-state index in [9.17, 15) is 0 Å². The number of hydrogen-bond donors (Lipinski definition) is 2. The molecule has 0 aliphatic carbocycles. The van der Waals surface area contributed by atoms with Crippen molar-refractivity contribution in [2.75, 3.05) is 38.4 Å². The van der Waals surface area contributed by atoms with E-state index in [0.29, 0.717) is 12.8 Å². The average Bonchev–Trinajstić information content (AvgIpc) is 3.39. The molecule has 0 atom stereocenters. The lowest BCUT2D eigenvalue weighted by Gasteiger charge is -2.33. The van der Waals surface area contributed by atoms with Crippen molar-refractivity contribution in [3.8, 4) is 11.5 Å². The largest absolute Gasteiger partial charge is 0.454 e. The third-order valence-electron chi connectivity index (χ3n) is 5.02. The molecule has 4 rings (SSSR count). The van der Waals surface area contributed by atoms with Crippen LogP contribution >= 0.6 is 35.3 Å². The van der Waals surface area contributed by atoms with Gasteiger partial charge in [-0.25, -0.2) is 0 Å². The molecule has 152 valence electrons. The van der Waals surface area contributed by atoms with Crippen LogP contribution < -0.4 is 25.0 Å². The summed E-state index contributed by atoms with van der Waals surface area (Å²) in [6, 6.07) is 10.9. The molecule has 1 aromatic heterocycles. The molecule has 0 unspecified atom stereocenters. The number of nitrogens with zero attached hydrogens (tertiary/aromatic N) is 2. The third-order valence-corrected chi connectivity index (χ3v) is 5.95. The summed E-state index contributed by atoms with van der Waals surface area (Å²) in [5.41, 5.74) is 1.23. The summed E-state index contributed by atoms with van der Waals surface area (Å²) in [5.74, 6) is 2.55. The van der Waals surface area contributed by atoms with Crippen LogP contribution in [0.1, 0.15) is 18.4 Å². The highest BCUT2D eigenvalue weighted by Gasteiger charge is 2.20. The predicted octanol–water partition coefficient (Wildman–Crippen LogP) is 3.47. The highest BCUT2D eigenvalue weighted by atomic mass is 127. The maximum atomic E-state index is 5.44. The maximum absolute atomic E-state index is 5.44. The molecule has 1 fully saturated rings. The molecule has 0 saturated carbocycles. The van der Waals surface area contributed by atoms with E-state index in [-0.39, 0.29) is 24.0 Å². The lowest BCUT2D eigenvalue weighted by molar-refractivity contribution is 0.174. The Morgan fingerprint density at radius 3 is 2.79 bits per heavy atom. The first-order chi connectivity index (χ1) is 13.3. The number of hydrogen-bond acceptors (Lipinski definition) is 5. The minimum atomic E-state index is 0. The Kier molecular flexibility index (Phi) is 7.66. The second-order valence-electron chi connectivity index (χ2n) is 6.79. The molecule has 2 aromatic rings. The van der Waals surface area contributed by atoms with Crippen molar-refractivity contribution in [3.05, 3.63) is 41.3 Å². The Labute approximate surface area is 187 Å². The summed E-state index contributed by atoms with van der Waals surface area (Å²) in [4.78, 5) is 6.85. The Morgan fingerprint density at radius 1 is 1.21 bits per heavy atom. The van der Waals surface area contributed by atoms with Gasteiger partial charge < -0.3 is 25.0 Å². The fraction of sp³-hybridized carbons (Fsp3) is 0.450. The van der Waals surface area contributed by atoms with E-state index in [1.54, 1.807) is 0 Å². The average molecular weight is 514 g/mol. The molecule has 3 heterocycles. The number of ether oxygens (including phenoxy) is 2. The Bertz CT molecular complexity index is 777. The molecule has 1 aromatic carbocycles. The van der Waals surface area contributed by atoms with Crippen LogP contribution in [0.25, 0.3) is 0 Å². The number of halogens is 1. The van der Waals surface area contributed by atoms with Gasteiger partial charge in [0.25, 0.3) is 0 Å². The normalized spacial score (nSPS) is 16.6. The van der Waals surface area contributed by atoms with Crippen LogP contribution in [0.15, 0.2) is 40.7 Å². The lowest BCUT2D eigenvalue weighted by atomic mass is 10.1. The van der Waals surface area contributed by atoms with Gasteiger partial charge in [-0.2, -0.15) is 0 Å². The zero-order chi connectivity index (χ0) is 18.5. The summed E-state index contributed by atoms with van der Waals surface area (Å²) < 4.78 is 10.8. The van der Waals surface area contributed by atoms with Crippen LogP contribution in [0.4, 0.5) is 5.00 Å². The zero-order valence-corrected chi connectivity index (χ0v) is 19.2. The summed E-state index contributed by atoms with van der Waals surface area (Å²) >= 11 is 1.82. The van der Waals surface area contributed by atoms with E-state index < -0.39 is 0 Å². The molecule has 28 heavy (non-hydrogen) atoms. The summed E-state index contributed by atoms with van der Waals surface area (Å²) in [6.45, 7) is 3.32. The molecule has 6 nitrogen and oxygen atoms in total. The van der Waals surface area contributed by atoms with Crippen LogP contribution in [-0.2, 0) is 6.42 Å². The van der Waals surface area contributed by atoms with Gasteiger partial charge in [0.2, 0.25) is 6.79 Å². The highest BCUT2D eigenvalue weighted by molar-refractivity contribution is 14.0. The van der Waals surface area contributed by atoms with Crippen molar-refractivity contribution < 1.29 is 9.47 Å². The predicted molar refractivity (Wildman–Crippen MR) is 126 cm³/mol. The van der Waals surface area contributed by atoms with Crippen molar-refractivity contribution in [1.82, 2.24) is 10.6 Å². The van der Waals surface area contributed by atoms with E-state index in [1.165, 1.54) is 10.6 Å². The first kappa shape index (κ1) is 21.0.